The average Bonchev–Trinajstić information content (AvgIpc) is 3.49. The molecule has 4 aromatic heterocycles. The summed E-state index contributed by atoms with van der Waals surface area (Å²) in [5, 5.41) is 22.8. The molecule has 176 valence electrons. The lowest BCUT2D eigenvalue weighted by Gasteiger charge is -2.10. The largest absolute Gasteiger partial charge is 0.466 e. The van der Waals surface area contributed by atoms with Crippen LogP contribution < -0.4 is 5.32 Å². The Morgan fingerprint density at radius 3 is 2.49 bits per heavy atom. The Bertz CT molecular complexity index is 1610. The number of nitro benzene ring substituents is 1. The summed E-state index contributed by atoms with van der Waals surface area (Å²) < 4.78 is 12.5. The Kier molecular flexibility index (Phi) is 5.16. The van der Waals surface area contributed by atoms with Crippen molar-refractivity contribution in [1.29, 1.82) is 0 Å². The van der Waals surface area contributed by atoms with E-state index in [1.807, 2.05) is 19.9 Å². The van der Waals surface area contributed by atoms with Crippen LogP contribution in [0.2, 0.25) is 0 Å². The molecule has 0 fully saturated rings. The molecule has 1 amide bonds. The molecule has 0 spiro atoms. The van der Waals surface area contributed by atoms with E-state index in [1.54, 1.807) is 38.1 Å². The number of aromatic nitrogens is 4. The molecule has 0 unspecified atom stereocenters. The van der Waals surface area contributed by atoms with Gasteiger partial charge in [0.2, 0.25) is 0 Å². The lowest BCUT2D eigenvalue weighted by Crippen LogP contribution is -2.16. The maximum absolute atomic E-state index is 13.5. The molecule has 35 heavy (non-hydrogen) atoms. The van der Waals surface area contributed by atoms with Crippen LogP contribution in [-0.4, -0.2) is 30.8 Å². The minimum atomic E-state index is -0.475. The van der Waals surface area contributed by atoms with Crippen molar-refractivity contribution in [2.75, 3.05) is 5.32 Å². The molecule has 0 atom stereocenters. The first-order chi connectivity index (χ1) is 16.7. The van der Waals surface area contributed by atoms with E-state index in [-0.39, 0.29) is 11.4 Å². The van der Waals surface area contributed by atoms with E-state index < -0.39 is 10.8 Å². The molecule has 11 heteroatoms. The van der Waals surface area contributed by atoms with Crippen LogP contribution in [0.15, 0.2) is 51.4 Å². The normalized spacial score (nSPS) is 11.2. The number of fused-ring (bicyclic) bond motifs is 1. The smallest absolute Gasteiger partial charge is 0.269 e. The third-order valence-corrected chi connectivity index (χ3v) is 5.56. The van der Waals surface area contributed by atoms with Crippen molar-refractivity contribution < 1.29 is 18.7 Å². The van der Waals surface area contributed by atoms with E-state index in [0.29, 0.717) is 45.3 Å². The van der Waals surface area contributed by atoms with Gasteiger partial charge in [-0.15, -0.1) is 0 Å². The number of pyridine rings is 1. The van der Waals surface area contributed by atoms with Gasteiger partial charge in [0.15, 0.2) is 0 Å². The van der Waals surface area contributed by atoms with Crippen LogP contribution in [0, 0.1) is 37.8 Å². The first-order valence-corrected chi connectivity index (χ1v) is 10.7. The maximum atomic E-state index is 13.5. The number of anilines is 1. The minimum absolute atomic E-state index is 0.0392. The fraction of sp³-hybridized carbons (Fsp3) is 0.167. The van der Waals surface area contributed by atoms with Gasteiger partial charge in [-0.05, 0) is 52.0 Å². The number of nitrogens with zero attached hydrogens (tertiary/aromatic N) is 5. The highest BCUT2D eigenvalue weighted by Gasteiger charge is 2.22. The Morgan fingerprint density at radius 2 is 1.83 bits per heavy atom. The van der Waals surface area contributed by atoms with Crippen LogP contribution >= 0.6 is 0 Å². The second-order valence-electron chi connectivity index (χ2n) is 8.14. The van der Waals surface area contributed by atoms with Crippen molar-refractivity contribution in [2.24, 2.45) is 0 Å². The van der Waals surface area contributed by atoms with Crippen LogP contribution in [0.25, 0.3) is 28.0 Å². The molecule has 5 rings (SSSR count). The van der Waals surface area contributed by atoms with Gasteiger partial charge in [0.25, 0.3) is 17.3 Å². The number of furan rings is 1. The van der Waals surface area contributed by atoms with Gasteiger partial charge in [-0.25, -0.2) is 9.67 Å². The monoisotopic (exact) mass is 472 g/mol. The van der Waals surface area contributed by atoms with Crippen molar-refractivity contribution in [3.05, 3.63) is 81.1 Å². The number of hydrogen-bond acceptors (Lipinski definition) is 8. The van der Waals surface area contributed by atoms with Crippen LogP contribution in [0.5, 0.6) is 0 Å². The number of carbonyl (C=O) groups is 1. The zero-order valence-corrected chi connectivity index (χ0v) is 19.3. The molecular weight excluding hydrogens is 452 g/mol. The Labute approximate surface area is 198 Å². The fourth-order valence-corrected chi connectivity index (χ4v) is 3.98. The van der Waals surface area contributed by atoms with E-state index in [9.17, 15) is 14.9 Å². The summed E-state index contributed by atoms with van der Waals surface area (Å²) in [4.78, 5) is 28.6. The molecule has 5 aromatic rings. The second kappa shape index (κ2) is 8.20. The summed E-state index contributed by atoms with van der Waals surface area (Å²) in [6.45, 7) is 7.19. The highest BCUT2D eigenvalue weighted by Crippen LogP contribution is 2.31. The first-order valence-electron chi connectivity index (χ1n) is 10.7. The Balaban J connectivity index is 1.56. The Morgan fingerprint density at radius 1 is 1.09 bits per heavy atom. The minimum Gasteiger partial charge on any atom is -0.466 e. The fourth-order valence-electron chi connectivity index (χ4n) is 3.98. The molecule has 0 aliphatic rings. The number of amides is 1. The van der Waals surface area contributed by atoms with Gasteiger partial charge in [0.1, 0.15) is 17.3 Å². The second-order valence-corrected chi connectivity index (χ2v) is 8.14. The van der Waals surface area contributed by atoms with Crippen LogP contribution in [-0.2, 0) is 0 Å². The average molecular weight is 472 g/mol. The van der Waals surface area contributed by atoms with Crippen molar-refractivity contribution in [3.63, 3.8) is 0 Å². The molecule has 0 aliphatic carbocycles. The first kappa shape index (κ1) is 22.0. The topological polar surface area (TPSA) is 142 Å². The molecule has 4 heterocycles. The van der Waals surface area contributed by atoms with E-state index in [4.69, 9.17) is 8.94 Å². The van der Waals surface area contributed by atoms with Gasteiger partial charge in [0, 0.05) is 23.8 Å². The summed E-state index contributed by atoms with van der Waals surface area (Å²) in [5.74, 6) is 1.38. The molecule has 0 saturated carbocycles. The molecule has 0 aliphatic heterocycles. The Hall–Kier alpha value is -4.80. The zero-order valence-electron chi connectivity index (χ0n) is 19.3. The maximum Gasteiger partial charge on any atom is 0.269 e. The van der Waals surface area contributed by atoms with Crippen molar-refractivity contribution in [1.82, 2.24) is 19.9 Å². The predicted molar refractivity (Wildman–Crippen MR) is 127 cm³/mol. The SMILES string of the molecule is Cc1cc(NC(=O)c2cc(-c3cc(C)oc3C)nc3onc(C)c23)n(-c2ccc([N+](=O)[O-])cc2)n1. The van der Waals surface area contributed by atoms with Gasteiger partial charge >= 0.3 is 0 Å². The number of nitro groups is 1. The predicted octanol–water partition coefficient (Wildman–Crippen LogP) is 5.06. The standard InChI is InChI=1S/C24H20N6O5/c1-12-9-21(29(27-12)16-5-7-17(8-6-16)30(32)33)26-23(31)19-11-20(18-10-13(2)34-15(18)4)25-24-22(19)14(3)28-35-24/h5-11H,1-4H3,(H,26,31). The third kappa shape index (κ3) is 3.92. The lowest BCUT2D eigenvalue weighted by atomic mass is 10.1. The zero-order chi connectivity index (χ0) is 24.9. The van der Waals surface area contributed by atoms with Crippen molar-refractivity contribution >= 4 is 28.5 Å². The number of non-ortho nitro benzene ring substituents is 1. The third-order valence-electron chi connectivity index (χ3n) is 5.56. The highest BCUT2D eigenvalue weighted by molar-refractivity contribution is 6.12. The molecule has 11 nitrogen and oxygen atoms in total. The molecule has 0 bridgehead atoms. The lowest BCUT2D eigenvalue weighted by molar-refractivity contribution is -0.384. The molecule has 0 saturated heterocycles. The summed E-state index contributed by atoms with van der Waals surface area (Å²) >= 11 is 0. The van der Waals surface area contributed by atoms with Crippen LogP contribution in [0.4, 0.5) is 11.5 Å². The molecular formula is C24H20N6O5. The van der Waals surface area contributed by atoms with E-state index in [2.05, 4.69) is 20.6 Å². The van der Waals surface area contributed by atoms with Gasteiger partial charge in [-0.3, -0.25) is 14.9 Å². The van der Waals surface area contributed by atoms with E-state index in [0.717, 1.165) is 11.3 Å². The number of carbonyl (C=O) groups excluding carboxylic acids is 1. The van der Waals surface area contributed by atoms with E-state index in [1.165, 1.54) is 16.8 Å². The van der Waals surface area contributed by atoms with E-state index >= 15 is 0 Å². The molecule has 1 aromatic carbocycles. The summed E-state index contributed by atoms with van der Waals surface area (Å²) in [6.07, 6.45) is 0. The van der Waals surface area contributed by atoms with Gasteiger partial charge < -0.3 is 14.3 Å². The summed E-state index contributed by atoms with van der Waals surface area (Å²) in [6, 6.07) is 11.1. The van der Waals surface area contributed by atoms with Crippen LogP contribution in [0.1, 0.15) is 33.3 Å². The number of rotatable bonds is 5. The van der Waals surface area contributed by atoms with Crippen LogP contribution in [0.3, 0.4) is 0 Å². The van der Waals surface area contributed by atoms with Gasteiger partial charge in [-0.1, -0.05) is 5.16 Å². The number of nitrogens with one attached hydrogen (secondary N) is 1. The van der Waals surface area contributed by atoms with Gasteiger partial charge in [0.05, 0.1) is 38.6 Å². The molecule has 0 radical (unpaired) electrons. The van der Waals surface area contributed by atoms with Crippen molar-refractivity contribution in [2.45, 2.75) is 27.7 Å². The molecule has 1 N–H and O–H groups in total. The quantitative estimate of drug-likeness (QED) is 0.276. The van der Waals surface area contributed by atoms with Gasteiger partial charge in [-0.2, -0.15) is 5.10 Å². The summed E-state index contributed by atoms with van der Waals surface area (Å²) in [5.41, 5.74) is 3.55. The number of benzene rings is 1. The van der Waals surface area contributed by atoms with Crippen molar-refractivity contribution in [3.8, 4) is 16.9 Å². The number of hydrogen-bond donors (Lipinski definition) is 1. The summed E-state index contributed by atoms with van der Waals surface area (Å²) in [7, 11) is 0. The number of aryl methyl sites for hydroxylation is 4. The highest BCUT2D eigenvalue weighted by atomic mass is 16.6.